The van der Waals surface area contributed by atoms with Crippen LogP contribution in [0.1, 0.15) is 13.3 Å². The van der Waals surface area contributed by atoms with Crippen LogP contribution in [-0.4, -0.2) is 49.6 Å². The quantitative estimate of drug-likeness (QED) is 0.866. The number of hydrogen-bond acceptors (Lipinski definition) is 4. The van der Waals surface area contributed by atoms with Crippen molar-refractivity contribution in [1.29, 1.82) is 0 Å². The summed E-state index contributed by atoms with van der Waals surface area (Å²) in [6.45, 7) is 4.41. The zero-order valence-corrected chi connectivity index (χ0v) is 13.6. The highest BCUT2D eigenvalue weighted by molar-refractivity contribution is 7.89. The van der Waals surface area contributed by atoms with E-state index in [1.807, 2.05) is 31.2 Å². The number of fused-ring (bicyclic) bond motifs is 1. The minimum absolute atomic E-state index is 0.239. The Labute approximate surface area is 131 Å². The lowest BCUT2D eigenvalue weighted by Crippen LogP contribution is -2.49. The average Bonchev–Trinajstić information content (AvgIpc) is 2.54. The molecule has 5 nitrogen and oxygen atoms in total. The van der Waals surface area contributed by atoms with Crippen molar-refractivity contribution in [3.63, 3.8) is 0 Å². The Morgan fingerprint density at radius 1 is 1.09 bits per heavy atom. The van der Waals surface area contributed by atoms with Crippen molar-refractivity contribution < 1.29 is 8.42 Å². The lowest BCUT2D eigenvalue weighted by molar-refractivity contribution is 0.385. The first kappa shape index (κ1) is 15.2. The summed E-state index contributed by atoms with van der Waals surface area (Å²) >= 11 is 0. The van der Waals surface area contributed by atoms with E-state index in [-0.39, 0.29) is 5.75 Å². The first-order chi connectivity index (χ1) is 10.6. The van der Waals surface area contributed by atoms with E-state index in [9.17, 15) is 8.42 Å². The number of pyridine rings is 1. The Bertz CT molecular complexity index is 748. The molecule has 0 spiro atoms. The van der Waals surface area contributed by atoms with Crippen LogP contribution in [0.4, 0.5) is 5.69 Å². The zero-order chi connectivity index (χ0) is 15.6. The van der Waals surface area contributed by atoms with Crippen LogP contribution in [0.2, 0.25) is 0 Å². The first-order valence-electron chi connectivity index (χ1n) is 7.68. The molecule has 0 amide bonds. The second kappa shape index (κ2) is 6.22. The van der Waals surface area contributed by atoms with Gasteiger partial charge < -0.3 is 4.90 Å². The number of sulfonamides is 1. The van der Waals surface area contributed by atoms with Gasteiger partial charge in [0.05, 0.1) is 17.0 Å². The molecule has 6 heteroatoms. The van der Waals surface area contributed by atoms with Gasteiger partial charge in [0.2, 0.25) is 10.0 Å². The summed E-state index contributed by atoms with van der Waals surface area (Å²) in [6.07, 6.45) is 2.46. The molecule has 0 saturated carbocycles. The van der Waals surface area contributed by atoms with E-state index in [1.54, 1.807) is 10.5 Å². The summed E-state index contributed by atoms with van der Waals surface area (Å²) < 4.78 is 25.9. The monoisotopic (exact) mass is 319 g/mol. The van der Waals surface area contributed by atoms with Gasteiger partial charge in [-0.15, -0.1) is 0 Å². The lowest BCUT2D eigenvalue weighted by atomic mass is 10.1. The van der Waals surface area contributed by atoms with Gasteiger partial charge >= 0.3 is 0 Å². The predicted octanol–water partition coefficient (Wildman–Crippen LogP) is 2.10. The summed E-state index contributed by atoms with van der Waals surface area (Å²) in [6, 6.07) is 10.1. The standard InChI is InChI=1S/C16H21N3O2S/c1-2-13-22(20,21)19-11-9-18(10-12-19)15-7-3-5-14-6-4-8-17-16(14)15/h3-8H,2,9-13H2,1H3. The summed E-state index contributed by atoms with van der Waals surface area (Å²) in [5, 5.41) is 1.11. The minimum atomic E-state index is -3.09. The largest absolute Gasteiger partial charge is 0.367 e. The summed E-state index contributed by atoms with van der Waals surface area (Å²) in [4.78, 5) is 6.71. The summed E-state index contributed by atoms with van der Waals surface area (Å²) in [5.74, 6) is 0.239. The molecule has 0 radical (unpaired) electrons. The van der Waals surface area contributed by atoms with Crippen LogP contribution in [0.5, 0.6) is 0 Å². The molecule has 1 fully saturated rings. The Balaban J connectivity index is 1.79. The van der Waals surface area contributed by atoms with Crippen molar-refractivity contribution in [3.8, 4) is 0 Å². The van der Waals surface area contributed by atoms with E-state index in [2.05, 4.69) is 16.0 Å². The third kappa shape index (κ3) is 2.94. The van der Waals surface area contributed by atoms with Crippen molar-refractivity contribution in [3.05, 3.63) is 36.5 Å². The second-order valence-corrected chi connectivity index (χ2v) is 7.64. The van der Waals surface area contributed by atoms with Gasteiger partial charge in [-0.2, -0.15) is 4.31 Å². The molecule has 2 aromatic rings. The molecule has 1 aromatic carbocycles. The molecule has 3 rings (SSSR count). The topological polar surface area (TPSA) is 53.5 Å². The molecule has 22 heavy (non-hydrogen) atoms. The van der Waals surface area contributed by atoms with Gasteiger partial charge in [0.25, 0.3) is 0 Å². The average molecular weight is 319 g/mol. The van der Waals surface area contributed by atoms with Crippen LogP contribution in [0.25, 0.3) is 10.9 Å². The third-order valence-corrected chi connectivity index (χ3v) is 6.12. The molecule has 0 unspecified atom stereocenters. The van der Waals surface area contributed by atoms with E-state index < -0.39 is 10.0 Å². The number of aromatic nitrogens is 1. The number of hydrogen-bond donors (Lipinski definition) is 0. The van der Waals surface area contributed by atoms with Crippen molar-refractivity contribution in [2.75, 3.05) is 36.8 Å². The predicted molar refractivity (Wildman–Crippen MR) is 89.6 cm³/mol. The Morgan fingerprint density at radius 2 is 1.82 bits per heavy atom. The van der Waals surface area contributed by atoms with E-state index >= 15 is 0 Å². The van der Waals surface area contributed by atoms with Crippen LogP contribution >= 0.6 is 0 Å². The van der Waals surface area contributed by atoms with Gasteiger partial charge in [-0.05, 0) is 18.6 Å². The third-order valence-electron chi connectivity index (χ3n) is 4.05. The molecule has 1 aromatic heterocycles. The molecular weight excluding hydrogens is 298 g/mol. The van der Waals surface area contributed by atoms with Crippen LogP contribution < -0.4 is 4.90 Å². The smallest absolute Gasteiger partial charge is 0.214 e. The van der Waals surface area contributed by atoms with Gasteiger partial charge in [0.15, 0.2) is 0 Å². The molecule has 0 bridgehead atoms. The number of nitrogens with zero attached hydrogens (tertiary/aromatic N) is 3. The van der Waals surface area contributed by atoms with E-state index in [0.29, 0.717) is 32.6 Å². The van der Waals surface area contributed by atoms with E-state index in [1.165, 1.54) is 0 Å². The van der Waals surface area contributed by atoms with Crippen LogP contribution in [0.3, 0.4) is 0 Å². The number of anilines is 1. The fourth-order valence-electron chi connectivity index (χ4n) is 2.94. The minimum Gasteiger partial charge on any atom is -0.367 e. The fourth-order valence-corrected chi connectivity index (χ4v) is 4.43. The molecule has 1 saturated heterocycles. The van der Waals surface area contributed by atoms with Crippen molar-refractivity contribution in [2.45, 2.75) is 13.3 Å². The number of benzene rings is 1. The molecule has 1 aliphatic rings. The Hall–Kier alpha value is -1.66. The SMILES string of the molecule is CCCS(=O)(=O)N1CCN(c2cccc3cccnc23)CC1. The fraction of sp³-hybridized carbons (Fsp3) is 0.438. The van der Waals surface area contributed by atoms with Crippen molar-refractivity contribution in [2.24, 2.45) is 0 Å². The molecule has 0 N–H and O–H groups in total. The summed E-state index contributed by atoms with van der Waals surface area (Å²) in [5.41, 5.74) is 2.07. The molecule has 2 heterocycles. The zero-order valence-electron chi connectivity index (χ0n) is 12.8. The van der Waals surface area contributed by atoms with Crippen LogP contribution in [-0.2, 0) is 10.0 Å². The van der Waals surface area contributed by atoms with Crippen molar-refractivity contribution in [1.82, 2.24) is 9.29 Å². The summed E-state index contributed by atoms with van der Waals surface area (Å²) in [7, 11) is -3.09. The number of para-hydroxylation sites is 1. The Morgan fingerprint density at radius 3 is 2.55 bits per heavy atom. The van der Waals surface area contributed by atoms with Gasteiger partial charge in [-0.3, -0.25) is 4.98 Å². The molecule has 0 aliphatic carbocycles. The maximum Gasteiger partial charge on any atom is 0.214 e. The Kier molecular flexibility index (Phi) is 4.31. The lowest BCUT2D eigenvalue weighted by Gasteiger charge is -2.35. The maximum atomic E-state index is 12.1. The normalized spacial score (nSPS) is 17.0. The van der Waals surface area contributed by atoms with Gasteiger partial charge in [-0.1, -0.05) is 25.1 Å². The highest BCUT2D eigenvalue weighted by Gasteiger charge is 2.26. The molecule has 1 aliphatic heterocycles. The number of rotatable bonds is 4. The van der Waals surface area contributed by atoms with Gasteiger partial charge in [-0.25, -0.2) is 8.42 Å². The van der Waals surface area contributed by atoms with Crippen molar-refractivity contribution >= 4 is 26.6 Å². The number of piperazine rings is 1. The van der Waals surface area contributed by atoms with Gasteiger partial charge in [0.1, 0.15) is 0 Å². The highest BCUT2D eigenvalue weighted by Crippen LogP contribution is 2.26. The van der Waals surface area contributed by atoms with Crippen LogP contribution in [0.15, 0.2) is 36.5 Å². The maximum absolute atomic E-state index is 12.1. The van der Waals surface area contributed by atoms with Crippen LogP contribution in [0, 0.1) is 0 Å². The molecular formula is C16H21N3O2S. The molecule has 118 valence electrons. The van der Waals surface area contributed by atoms with E-state index in [4.69, 9.17) is 0 Å². The first-order valence-corrected chi connectivity index (χ1v) is 9.29. The van der Waals surface area contributed by atoms with Gasteiger partial charge in [0, 0.05) is 37.8 Å². The van der Waals surface area contributed by atoms with E-state index in [0.717, 1.165) is 16.6 Å². The molecule has 0 atom stereocenters. The second-order valence-electron chi connectivity index (χ2n) is 5.55. The highest BCUT2D eigenvalue weighted by atomic mass is 32.2.